The quantitative estimate of drug-likeness (QED) is 0.731. The number of carbonyl (C=O) groups is 1. The molecule has 0 unspecified atom stereocenters. The maximum Gasteiger partial charge on any atom is 0.312 e. The van der Waals surface area contributed by atoms with E-state index >= 15 is 0 Å². The van der Waals surface area contributed by atoms with E-state index in [1.165, 1.54) is 12.8 Å². The summed E-state index contributed by atoms with van der Waals surface area (Å²) in [5.74, 6) is 0.319. The van der Waals surface area contributed by atoms with Crippen LogP contribution in [0.2, 0.25) is 0 Å². The Labute approximate surface area is 142 Å². The first-order valence-corrected chi connectivity index (χ1v) is 9.38. The van der Waals surface area contributed by atoms with Crippen molar-refractivity contribution >= 4 is 5.97 Å². The molecule has 0 aromatic heterocycles. The zero-order valence-electron chi connectivity index (χ0n) is 15.9. The third kappa shape index (κ3) is 2.28. The van der Waals surface area contributed by atoms with Crippen LogP contribution < -0.4 is 5.73 Å². The highest BCUT2D eigenvalue weighted by molar-refractivity contribution is 5.75. The average Bonchev–Trinajstić information content (AvgIpc) is 2.82. The topological polar surface area (TPSA) is 55.6 Å². The highest BCUT2D eigenvalue weighted by Crippen LogP contribution is 2.72. The van der Waals surface area contributed by atoms with Gasteiger partial charge in [-0.3, -0.25) is 9.69 Å². The number of esters is 1. The van der Waals surface area contributed by atoms with Crippen LogP contribution in [0.3, 0.4) is 0 Å². The lowest BCUT2D eigenvalue weighted by Crippen LogP contribution is -2.66. The summed E-state index contributed by atoms with van der Waals surface area (Å²) in [4.78, 5) is 15.3. The lowest BCUT2D eigenvalue weighted by atomic mass is 9.57. The Kier molecular flexibility index (Phi) is 5.18. The smallest absolute Gasteiger partial charge is 0.312 e. The number of ether oxygens (including phenoxy) is 1. The van der Waals surface area contributed by atoms with E-state index in [-0.39, 0.29) is 28.3 Å². The van der Waals surface area contributed by atoms with Crippen LogP contribution >= 0.6 is 0 Å². The molecular formula is C19H36N2O2. The van der Waals surface area contributed by atoms with Crippen LogP contribution in [0.4, 0.5) is 0 Å². The van der Waals surface area contributed by atoms with E-state index in [9.17, 15) is 4.79 Å². The van der Waals surface area contributed by atoms with Gasteiger partial charge in [-0.1, -0.05) is 34.6 Å². The Morgan fingerprint density at radius 2 is 1.87 bits per heavy atom. The monoisotopic (exact) mass is 324 g/mol. The first-order valence-electron chi connectivity index (χ1n) is 9.38. The molecule has 0 radical (unpaired) electrons. The summed E-state index contributed by atoms with van der Waals surface area (Å²) in [5.41, 5.74) is 6.31. The SMILES string of the molecule is CCOC(=O)[C@@H](CN)[C@@]1(N(CC)CC)C[C@H]2CC[C@@]1(C)C2(C)C. The average molecular weight is 325 g/mol. The fourth-order valence-electron chi connectivity index (χ4n) is 6.07. The van der Waals surface area contributed by atoms with Crippen LogP contribution in [-0.2, 0) is 9.53 Å². The van der Waals surface area contributed by atoms with Crippen LogP contribution in [0.1, 0.15) is 60.8 Å². The minimum atomic E-state index is -0.239. The minimum Gasteiger partial charge on any atom is -0.466 e. The number of hydrogen-bond acceptors (Lipinski definition) is 4. The van der Waals surface area contributed by atoms with Crippen molar-refractivity contribution in [1.29, 1.82) is 0 Å². The summed E-state index contributed by atoms with van der Waals surface area (Å²) < 4.78 is 5.45. The fraction of sp³-hybridized carbons (Fsp3) is 0.947. The van der Waals surface area contributed by atoms with Gasteiger partial charge in [-0.05, 0) is 56.0 Å². The van der Waals surface area contributed by atoms with Crippen molar-refractivity contribution in [2.75, 3.05) is 26.2 Å². The molecule has 4 heteroatoms. The zero-order valence-corrected chi connectivity index (χ0v) is 15.9. The van der Waals surface area contributed by atoms with Crippen molar-refractivity contribution in [3.63, 3.8) is 0 Å². The molecule has 2 bridgehead atoms. The summed E-state index contributed by atoms with van der Waals surface area (Å²) in [6.45, 7) is 16.2. The van der Waals surface area contributed by atoms with Gasteiger partial charge >= 0.3 is 5.97 Å². The lowest BCUT2D eigenvalue weighted by Gasteiger charge is -2.57. The molecule has 2 rings (SSSR count). The highest BCUT2D eigenvalue weighted by Gasteiger charge is 2.72. The fourth-order valence-corrected chi connectivity index (χ4v) is 6.07. The van der Waals surface area contributed by atoms with E-state index in [4.69, 9.17) is 10.5 Å². The summed E-state index contributed by atoms with van der Waals surface area (Å²) in [7, 11) is 0. The van der Waals surface area contributed by atoms with Crippen molar-refractivity contribution < 1.29 is 9.53 Å². The van der Waals surface area contributed by atoms with E-state index in [2.05, 4.69) is 39.5 Å². The Bertz CT molecular complexity index is 447. The van der Waals surface area contributed by atoms with Crippen molar-refractivity contribution in [2.24, 2.45) is 28.4 Å². The molecule has 2 fully saturated rings. The van der Waals surface area contributed by atoms with Crippen molar-refractivity contribution in [3.05, 3.63) is 0 Å². The molecule has 4 atom stereocenters. The van der Waals surface area contributed by atoms with Gasteiger partial charge in [0.2, 0.25) is 0 Å². The lowest BCUT2D eigenvalue weighted by molar-refractivity contribution is -0.162. The van der Waals surface area contributed by atoms with Gasteiger partial charge in [-0.15, -0.1) is 0 Å². The van der Waals surface area contributed by atoms with E-state index in [1.54, 1.807) is 0 Å². The number of carbonyl (C=O) groups excluding carboxylic acids is 1. The molecular weight excluding hydrogens is 288 g/mol. The molecule has 0 aromatic carbocycles. The van der Waals surface area contributed by atoms with Crippen LogP contribution in [0, 0.1) is 22.7 Å². The van der Waals surface area contributed by atoms with Gasteiger partial charge in [-0.2, -0.15) is 0 Å². The second kappa shape index (κ2) is 6.36. The second-order valence-corrected chi connectivity index (χ2v) is 8.13. The van der Waals surface area contributed by atoms with E-state index in [0.29, 0.717) is 19.1 Å². The van der Waals surface area contributed by atoms with Crippen LogP contribution in [0.5, 0.6) is 0 Å². The highest BCUT2D eigenvalue weighted by atomic mass is 16.5. The molecule has 0 aliphatic heterocycles. The number of fused-ring (bicyclic) bond motifs is 2. The van der Waals surface area contributed by atoms with Gasteiger partial charge in [0.25, 0.3) is 0 Å². The molecule has 2 aliphatic carbocycles. The molecule has 0 amide bonds. The number of hydrogen-bond donors (Lipinski definition) is 1. The molecule has 2 aliphatic rings. The summed E-state index contributed by atoms with van der Waals surface area (Å²) >= 11 is 0. The number of nitrogens with zero attached hydrogens (tertiary/aromatic N) is 1. The molecule has 0 saturated heterocycles. The summed E-state index contributed by atoms with van der Waals surface area (Å²) in [5, 5.41) is 0. The minimum absolute atomic E-state index is 0.0908. The van der Waals surface area contributed by atoms with E-state index < -0.39 is 0 Å². The molecule has 0 heterocycles. The van der Waals surface area contributed by atoms with E-state index in [1.807, 2.05) is 6.92 Å². The predicted molar refractivity (Wildman–Crippen MR) is 94.1 cm³/mol. The largest absolute Gasteiger partial charge is 0.466 e. The maximum absolute atomic E-state index is 12.8. The predicted octanol–water partition coefficient (Wildman–Crippen LogP) is 3.05. The van der Waals surface area contributed by atoms with E-state index in [0.717, 1.165) is 19.5 Å². The Balaban J connectivity index is 2.57. The third-order valence-electron chi connectivity index (χ3n) is 7.66. The summed E-state index contributed by atoms with van der Waals surface area (Å²) in [6.07, 6.45) is 3.52. The van der Waals surface area contributed by atoms with Gasteiger partial charge < -0.3 is 10.5 Å². The van der Waals surface area contributed by atoms with Crippen molar-refractivity contribution in [3.8, 4) is 0 Å². The maximum atomic E-state index is 12.8. The molecule has 2 N–H and O–H groups in total. The van der Waals surface area contributed by atoms with Crippen molar-refractivity contribution in [2.45, 2.75) is 66.3 Å². The van der Waals surface area contributed by atoms with Crippen molar-refractivity contribution in [1.82, 2.24) is 4.90 Å². The molecule has 0 spiro atoms. The molecule has 23 heavy (non-hydrogen) atoms. The standard InChI is InChI=1S/C19H36N2O2/c1-7-21(8-2)19(15(13-20)16(22)23-9-3)12-14-10-11-18(19,6)17(14,4)5/h14-15H,7-13,20H2,1-6H3/t14-,15-,18+,19+/m1/s1. The Hall–Kier alpha value is -0.610. The molecule has 134 valence electrons. The number of rotatable bonds is 7. The van der Waals surface area contributed by atoms with Gasteiger partial charge in [-0.25, -0.2) is 0 Å². The van der Waals surface area contributed by atoms with Gasteiger partial charge in [0.05, 0.1) is 12.5 Å². The van der Waals surface area contributed by atoms with Crippen LogP contribution in [0.15, 0.2) is 0 Å². The first-order chi connectivity index (χ1) is 10.8. The Morgan fingerprint density at radius 3 is 2.22 bits per heavy atom. The van der Waals surface area contributed by atoms with Gasteiger partial charge in [0.1, 0.15) is 0 Å². The van der Waals surface area contributed by atoms with Crippen LogP contribution in [0.25, 0.3) is 0 Å². The Morgan fingerprint density at radius 1 is 1.26 bits per heavy atom. The molecule has 0 aromatic rings. The first kappa shape index (κ1) is 18.7. The molecule has 4 nitrogen and oxygen atoms in total. The third-order valence-corrected chi connectivity index (χ3v) is 7.66. The number of nitrogens with two attached hydrogens (primary N) is 1. The summed E-state index contributed by atoms with van der Waals surface area (Å²) in [6, 6.07) is 0. The normalized spacial score (nSPS) is 36.4. The van der Waals surface area contributed by atoms with Gasteiger partial charge in [0, 0.05) is 12.1 Å². The zero-order chi connectivity index (χ0) is 17.5. The van der Waals surface area contributed by atoms with Gasteiger partial charge in [0.15, 0.2) is 0 Å². The second-order valence-electron chi connectivity index (χ2n) is 8.13. The molecule has 2 saturated carbocycles. The van der Waals surface area contributed by atoms with Crippen LogP contribution in [-0.4, -0.2) is 42.6 Å².